The molecule has 1 amide bonds. The molecule has 1 saturated heterocycles. The summed E-state index contributed by atoms with van der Waals surface area (Å²) in [5.41, 5.74) is 0.724. The molecular formula is C27H22Cl2N2O6. The average molecular weight is 541 g/mol. The number of amides is 1. The zero-order chi connectivity index (χ0) is 26.9. The Morgan fingerprint density at radius 1 is 1.11 bits per heavy atom. The van der Waals surface area contributed by atoms with Crippen molar-refractivity contribution in [2.24, 2.45) is 0 Å². The lowest BCUT2D eigenvalue weighted by Gasteiger charge is -2.25. The third-order valence-corrected chi connectivity index (χ3v) is 6.11. The number of carbonyl (C=O) groups excluding carboxylic acids is 3. The second-order valence-corrected chi connectivity index (χ2v) is 9.27. The molecule has 4 rings (SSSR count). The number of pyridine rings is 1. The molecule has 0 spiro atoms. The van der Waals surface area contributed by atoms with Crippen LogP contribution in [0.1, 0.15) is 41.4 Å². The Morgan fingerprint density at radius 2 is 1.86 bits per heavy atom. The predicted molar refractivity (Wildman–Crippen MR) is 139 cm³/mol. The Labute approximate surface area is 223 Å². The fourth-order valence-corrected chi connectivity index (χ4v) is 4.68. The van der Waals surface area contributed by atoms with Crippen LogP contribution in [0.3, 0.4) is 0 Å². The second-order valence-electron chi connectivity index (χ2n) is 8.43. The molecule has 1 aliphatic rings. The third kappa shape index (κ3) is 5.03. The normalized spacial score (nSPS) is 16.8. The molecule has 10 heteroatoms. The van der Waals surface area contributed by atoms with Crippen molar-refractivity contribution in [2.45, 2.75) is 26.0 Å². The number of hydrogen-bond donors (Lipinski definition) is 1. The van der Waals surface area contributed by atoms with E-state index in [1.807, 2.05) is 0 Å². The molecule has 0 saturated carbocycles. The van der Waals surface area contributed by atoms with Crippen LogP contribution >= 0.6 is 23.2 Å². The van der Waals surface area contributed by atoms with Gasteiger partial charge in [0.1, 0.15) is 11.5 Å². The van der Waals surface area contributed by atoms with Crippen LogP contribution in [0.25, 0.3) is 5.76 Å². The van der Waals surface area contributed by atoms with Crippen LogP contribution in [0.15, 0.2) is 66.5 Å². The maximum atomic E-state index is 13.4. The van der Waals surface area contributed by atoms with Crippen LogP contribution < -0.4 is 9.64 Å². The molecule has 1 atom stereocenters. The number of ketones is 1. The van der Waals surface area contributed by atoms with Gasteiger partial charge in [-0.15, -0.1) is 0 Å². The van der Waals surface area contributed by atoms with Gasteiger partial charge in [-0.2, -0.15) is 0 Å². The monoisotopic (exact) mass is 540 g/mol. The van der Waals surface area contributed by atoms with Gasteiger partial charge in [0.25, 0.3) is 11.7 Å². The van der Waals surface area contributed by atoms with E-state index in [2.05, 4.69) is 4.98 Å². The number of ether oxygens (including phenoxy) is 2. The van der Waals surface area contributed by atoms with Gasteiger partial charge >= 0.3 is 5.97 Å². The fraction of sp³-hybridized carbons (Fsp3) is 0.185. The van der Waals surface area contributed by atoms with Gasteiger partial charge < -0.3 is 14.6 Å². The van der Waals surface area contributed by atoms with Gasteiger partial charge in [0.05, 0.1) is 41.0 Å². The predicted octanol–water partition coefficient (Wildman–Crippen LogP) is 5.59. The highest BCUT2D eigenvalue weighted by atomic mass is 35.5. The maximum absolute atomic E-state index is 13.4. The molecule has 1 aliphatic heterocycles. The Kier molecular flexibility index (Phi) is 7.52. The third-order valence-electron chi connectivity index (χ3n) is 5.61. The van der Waals surface area contributed by atoms with Crippen molar-refractivity contribution < 1.29 is 29.0 Å². The van der Waals surface area contributed by atoms with E-state index in [0.717, 1.165) is 0 Å². The van der Waals surface area contributed by atoms with Crippen LogP contribution in [0.4, 0.5) is 5.69 Å². The summed E-state index contributed by atoms with van der Waals surface area (Å²) >= 11 is 12.4. The SMILES string of the molecule is COc1c(Cl)cc(Cl)cc1/C(O)=C1\C(=O)C(=O)N(c2cccc(C(=O)OC(C)C)c2)C1c1cccnc1. The standard InChI is InChI=1S/C27H22Cl2N2O6/c1-14(2)37-27(35)15-6-4-8-18(10-15)31-22(16-7-5-9-30-13-16)21(24(33)26(31)34)23(32)19-11-17(28)12-20(29)25(19)36-3/h4-14,22,32H,1-3H3/b23-21+. The number of esters is 1. The van der Waals surface area contributed by atoms with Gasteiger partial charge in [-0.25, -0.2) is 4.79 Å². The smallest absolute Gasteiger partial charge is 0.338 e. The maximum Gasteiger partial charge on any atom is 0.338 e. The van der Waals surface area contributed by atoms with Crippen molar-refractivity contribution in [3.63, 3.8) is 0 Å². The molecule has 8 nitrogen and oxygen atoms in total. The van der Waals surface area contributed by atoms with Crippen molar-refractivity contribution >= 4 is 52.3 Å². The molecule has 2 heterocycles. The molecule has 3 aromatic rings. The van der Waals surface area contributed by atoms with Gasteiger partial charge in [-0.05, 0) is 55.8 Å². The summed E-state index contributed by atoms with van der Waals surface area (Å²) < 4.78 is 10.6. The first-order valence-electron chi connectivity index (χ1n) is 11.2. The van der Waals surface area contributed by atoms with Crippen LogP contribution in [0.5, 0.6) is 5.75 Å². The number of methoxy groups -OCH3 is 1. The molecule has 2 aromatic carbocycles. The quantitative estimate of drug-likeness (QED) is 0.188. The van der Waals surface area contributed by atoms with Crippen LogP contribution in [-0.4, -0.2) is 41.0 Å². The van der Waals surface area contributed by atoms with E-state index in [4.69, 9.17) is 32.7 Å². The molecule has 1 N–H and O–H groups in total. The summed E-state index contributed by atoms with van der Waals surface area (Å²) in [6, 6.07) is 11.2. The number of halogens is 2. The van der Waals surface area contributed by atoms with Crippen molar-refractivity contribution in [1.82, 2.24) is 4.98 Å². The molecule has 0 bridgehead atoms. The minimum absolute atomic E-state index is 0.0427. The van der Waals surface area contributed by atoms with E-state index in [1.54, 1.807) is 44.2 Å². The van der Waals surface area contributed by atoms with E-state index < -0.39 is 29.5 Å². The zero-order valence-corrected chi connectivity index (χ0v) is 21.6. The molecule has 1 fully saturated rings. The first-order valence-corrected chi connectivity index (χ1v) is 11.9. The molecule has 37 heavy (non-hydrogen) atoms. The minimum Gasteiger partial charge on any atom is -0.507 e. The van der Waals surface area contributed by atoms with Gasteiger partial charge in [0, 0.05) is 23.1 Å². The minimum atomic E-state index is -1.08. The molecule has 0 radical (unpaired) electrons. The Morgan fingerprint density at radius 3 is 2.51 bits per heavy atom. The van der Waals surface area contributed by atoms with Crippen LogP contribution in [0.2, 0.25) is 10.0 Å². The number of rotatable bonds is 6. The first kappa shape index (κ1) is 26.2. The second kappa shape index (κ2) is 10.6. The zero-order valence-electron chi connectivity index (χ0n) is 20.1. The summed E-state index contributed by atoms with van der Waals surface area (Å²) in [6.07, 6.45) is 2.67. The summed E-state index contributed by atoms with van der Waals surface area (Å²) in [5.74, 6) is -2.87. The summed E-state index contributed by atoms with van der Waals surface area (Å²) in [7, 11) is 1.35. The molecule has 190 valence electrons. The van der Waals surface area contributed by atoms with Gasteiger partial charge in [0.2, 0.25) is 0 Å². The fourth-order valence-electron chi connectivity index (χ4n) is 4.11. The van der Waals surface area contributed by atoms with Crippen LogP contribution in [-0.2, 0) is 14.3 Å². The highest BCUT2D eigenvalue weighted by Gasteiger charge is 2.47. The lowest BCUT2D eigenvalue weighted by atomic mass is 9.95. The van der Waals surface area contributed by atoms with Crippen molar-refractivity contribution in [3.05, 3.63) is 93.2 Å². The van der Waals surface area contributed by atoms with Crippen molar-refractivity contribution in [2.75, 3.05) is 12.0 Å². The number of aromatic nitrogens is 1. The van der Waals surface area contributed by atoms with Gasteiger partial charge in [-0.3, -0.25) is 19.5 Å². The number of carbonyl (C=O) groups is 3. The number of hydrogen-bond acceptors (Lipinski definition) is 7. The number of anilines is 1. The largest absolute Gasteiger partial charge is 0.507 e. The van der Waals surface area contributed by atoms with Gasteiger partial charge in [-0.1, -0.05) is 35.3 Å². The summed E-state index contributed by atoms with van der Waals surface area (Å²) in [5, 5.41) is 11.7. The Balaban J connectivity index is 1.94. The van der Waals surface area contributed by atoms with E-state index >= 15 is 0 Å². The molecule has 1 unspecified atom stereocenters. The molecule has 1 aromatic heterocycles. The number of Topliss-reactive ketones (excluding diaryl/α,β-unsaturated/α-hetero) is 1. The van der Waals surface area contributed by atoms with Crippen LogP contribution in [0, 0.1) is 0 Å². The Hall–Kier alpha value is -3.88. The van der Waals surface area contributed by atoms with Crippen molar-refractivity contribution in [3.8, 4) is 5.75 Å². The lowest BCUT2D eigenvalue weighted by molar-refractivity contribution is -0.132. The number of aliphatic hydroxyl groups excluding tert-OH is 1. The molecular weight excluding hydrogens is 519 g/mol. The number of aliphatic hydroxyl groups is 1. The number of nitrogens with zero attached hydrogens (tertiary/aromatic N) is 2. The first-order chi connectivity index (χ1) is 17.6. The highest BCUT2D eigenvalue weighted by molar-refractivity contribution is 6.52. The van der Waals surface area contributed by atoms with Gasteiger partial charge in [0.15, 0.2) is 0 Å². The summed E-state index contributed by atoms with van der Waals surface area (Å²) in [4.78, 5) is 44.6. The lowest BCUT2D eigenvalue weighted by Crippen LogP contribution is -2.29. The molecule has 0 aliphatic carbocycles. The van der Waals surface area contributed by atoms with E-state index in [-0.39, 0.29) is 44.3 Å². The summed E-state index contributed by atoms with van der Waals surface area (Å²) in [6.45, 7) is 3.44. The highest BCUT2D eigenvalue weighted by Crippen LogP contribution is 2.44. The Bertz CT molecular complexity index is 1420. The van der Waals surface area contributed by atoms with E-state index in [1.165, 1.54) is 42.6 Å². The van der Waals surface area contributed by atoms with Crippen molar-refractivity contribution in [1.29, 1.82) is 0 Å². The topological polar surface area (TPSA) is 106 Å². The van der Waals surface area contributed by atoms with E-state index in [9.17, 15) is 19.5 Å². The van der Waals surface area contributed by atoms with E-state index in [0.29, 0.717) is 5.56 Å². The number of benzene rings is 2. The average Bonchev–Trinajstić information content (AvgIpc) is 3.13.